The SMILES string of the molecule is Cc1cccc(C(=O)Nc2cc(Br)cc(Oc3cccnc3)c2)c1.Cc1cccc(C(=O)Nc2cc(I)cc(Oc3cccnc3)c2)c1.Cc1cccc(C(=O)Nc2cccc(Oc3ccc(C)nc3)c2)c1.Cc1cccc(C(=O)Nc2cccc(Oc3cccnc3)c2)c1.Cc1cccc(C(=O)Nc2cccc(Oc3cccnc3C)c2)c1. The molecule has 0 aliphatic carbocycles. The third-order valence-corrected chi connectivity index (χ3v) is 17.9. The molecule has 0 radical (unpaired) electrons. The molecule has 0 aliphatic rings. The number of anilines is 5. The number of halogens is 2. The van der Waals surface area contributed by atoms with Gasteiger partial charge in [0.05, 0.1) is 30.5 Å². The predicted octanol–water partition coefficient (Wildman–Crippen LogP) is 24.2. The summed E-state index contributed by atoms with van der Waals surface area (Å²) in [5, 5.41) is 14.5. The molecule has 15 rings (SSSR count). The first-order valence-electron chi connectivity index (χ1n) is 37.4. The molecular weight excluding hydrogens is 1670 g/mol. The predicted molar refractivity (Wildman–Crippen MR) is 479 cm³/mol. The molecule has 0 unspecified atom stereocenters. The smallest absolute Gasteiger partial charge is 0.255 e. The topological polar surface area (TPSA) is 256 Å². The molecule has 0 spiro atoms. The zero-order valence-electron chi connectivity index (χ0n) is 65.9. The number of nitrogens with zero attached hydrogens (tertiary/aromatic N) is 5. The average Bonchev–Trinajstić information content (AvgIpc) is 0.855. The first-order chi connectivity index (χ1) is 57.6. The van der Waals surface area contributed by atoms with Crippen LogP contribution in [0.5, 0.6) is 57.5 Å². The molecule has 594 valence electrons. The summed E-state index contributed by atoms with van der Waals surface area (Å²) in [5.74, 6) is 5.71. The highest BCUT2D eigenvalue weighted by Gasteiger charge is 2.15. The molecule has 5 amide bonds. The minimum absolute atomic E-state index is 0.145. The molecule has 0 saturated heterocycles. The first kappa shape index (κ1) is 85.4. The van der Waals surface area contributed by atoms with Crippen molar-refractivity contribution in [2.45, 2.75) is 48.5 Å². The molecule has 0 saturated carbocycles. The van der Waals surface area contributed by atoms with Crippen LogP contribution in [0.4, 0.5) is 28.4 Å². The Kier molecular flexibility index (Phi) is 31.1. The zero-order valence-corrected chi connectivity index (χ0v) is 69.6. The van der Waals surface area contributed by atoms with Crippen LogP contribution in [0.25, 0.3) is 0 Å². The van der Waals surface area contributed by atoms with Crippen LogP contribution >= 0.6 is 38.5 Å². The Morgan fingerprint density at radius 1 is 0.277 bits per heavy atom. The maximum atomic E-state index is 12.4. The van der Waals surface area contributed by atoms with E-state index < -0.39 is 0 Å². The van der Waals surface area contributed by atoms with E-state index in [1.165, 1.54) is 0 Å². The van der Waals surface area contributed by atoms with Gasteiger partial charge in [0, 0.05) is 125 Å². The molecule has 0 aliphatic heterocycles. The van der Waals surface area contributed by atoms with Crippen molar-refractivity contribution in [2.24, 2.45) is 0 Å². The highest BCUT2D eigenvalue weighted by Crippen LogP contribution is 2.33. The molecule has 0 atom stereocenters. The van der Waals surface area contributed by atoms with Gasteiger partial charge in [0.1, 0.15) is 57.5 Å². The number of amides is 5. The molecule has 22 heteroatoms. The summed E-state index contributed by atoms with van der Waals surface area (Å²) in [5.41, 5.74) is 13.5. The second-order valence-corrected chi connectivity index (χ2v) is 29.0. The Labute approximate surface area is 712 Å². The van der Waals surface area contributed by atoms with Crippen LogP contribution in [0.1, 0.15) is 91.0 Å². The van der Waals surface area contributed by atoms with E-state index in [4.69, 9.17) is 23.7 Å². The molecule has 119 heavy (non-hydrogen) atoms. The van der Waals surface area contributed by atoms with Gasteiger partial charge in [-0.25, -0.2) is 0 Å². The van der Waals surface area contributed by atoms with Gasteiger partial charge < -0.3 is 50.3 Å². The van der Waals surface area contributed by atoms with Crippen molar-refractivity contribution in [2.75, 3.05) is 26.6 Å². The van der Waals surface area contributed by atoms with Crippen molar-refractivity contribution in [1.29, 1.82) is 0 Å². The number of hydrogen-bond donors (Lipinski definition) is 5. The van der Waals surface area contributed by atoms with E-state index in [9.17, 15) is 24.0 Å². The van der Waals surface area contributed by atoms with Crippen molar-refractivity contribution in [3.8, 4) is 57.5 Å². The highest BCUT2D eigenvalue weighted by atomic mass is 127. The fourth-order valence-corrected chi connectivity index (χ4v) is 12.3. The van der Waals surface area contributed by atoms with Crippen LogP contribution in [0, 0.1) is 52.0 Å². The minimum Gasteiger partial charge on any atom is -0.456 e. The molecule has 0 bridgehead atoms. The van der Waals surface area contributed by atoms with Gasteiger partial charge in [0.2, 0.25) is 0 Å². The Hall–Kier alpha value is -14.5. The molecule has 0 fully saturated rings. The monoisotopic (exact) mass is 1750 g/mol. The zero-order chi connectivity index (χ0) is 83.8. The van der Waals surface area contributed by atoms with Gasteiger partial charge in [-0.3, -0.25) is 48.9 Å². The van der Waals surface area contributed by atoms with E-state index in [0.717, 1.165) is 47.2 Å². The summed E-state index contributed by atoms with van der Waals surface area (Å²) in [6, 6.07) is 88.5. The number of hydrogen-bond acceptors (Lipinski definition) is 15. The van der Waals surface area contributed by atoms with Crippen LogP contribution in [0.15, 0.2) is 345 Å². The van der Waals surface area contributed by atoms with Crippen LogP contribution in [0.2, 0.25) is 0 Å². The molecule has 10 aromatic carbocycles. The van der Waals surface area contributed by atoms with Gasteiger partial charge in [-0.1, -0.05) is 123 Å². The number of carbonyl (C=O) groups is 5. The quantitative estimate of drug-likeness (QED) is 0.0445. The number of carbonyl (C=O) groups excluding carboxylic acids is 5. The lowest BCUT2D eigenvalue weighted by Crippen LogP contribution is -2.12. The summed E-state index contributed by atoms with van der Waals surface area (Å²) < 4.78 is 30.6. The van der Waals surface area contributed by atoms with Crippen molar-refractivity contribution >= 4 is 96.5 Å². The van der Waals surface area contributed by atoms with Gasteiger partial charge in [0.25, 0.3) is 29.5 Å². The largest absolute Gasteiger partial charge is 0.456 e. The molecule has 15 aromatic rings. The lowest BCUT2D eigenvalue weighted by atomic mass is 10.1. The standard InChI is InChI=1S/2C20H18N2O2.C19H15BrN2O2.C19H15IN2O2.C19H16N2O2/c1-14-6-3-7-16(12-14)20(23)22-17-8-4-9-18(13-17)24-19-10-5-11-21-15(19)2;1-14-5-3-6-16(11-14)20(23)22-17-7-4-8-18(12-17)24-19-10-9-15(2)21-13-19;2*1-13-4-2-5-14(8-13)19(23)22-16-9-15(20)10-18(11-16)24-17-6-3-7-21-12-17;1-14-5-2-6-15(11-14)19(22)21-16-7-3-8-17(12-16)23-18-9-4-10-20-13-18/h2*3-13H,1-2H3,(H,22,23);2*2-12H,1H3,(H,22,23);2-13H,1H3,(H,21,22). The summed E-state index contributed by atoms with van der Waals surface area (Å²) in [6.07, 6.45) is 13.4. The number of aryl methyl sites for hydroxylation is 7. The van der Waals surface area contributed by atoms with Gasteiger partial charge in [-0.2, -0.15) is 0 Å². The number of ether oxygens (including phenoxy) is 5. The Bertz CT molecular complexity index is 5830. The number of benzene rings is 10. The summed E-state index contributed by atoms with van der Waals surface area (Å²) in [7, 11) is 0. The Morgan fingerprint density at radius 3 is 0.950 bits per heavy atom. The number of nitrogens with one attached hydrogen (secondary N) is 5. The van der Waals surface area contributed by atoms with Crippen molar-refractivity contribution in [3.05, 3.63) is 416 Å². The molecule has 5 N–H and O–H groups in total. The second kappa shape index (κ2) is 43.3. The van der Waals surface area contributed by atoms with Gasteiger partial charge in [-0.15, -0.1) is 0 Å². The van der Waals surface area contributed by atoms with Crippen LogP contribution < -0.4 is 50.3 Å². The molecule has 20 nitrogen and oxygen atoms in total. The maximum absolute atomic E-state index is 12.4. The summed E-state index contributed by atoms with van der Waals surface area (Å²) >= 11 is 5.63. The van der Waals surface area contributed by atoms with E-state index in [0.29, 0.717) is 114 Å². The number of rotatable bonds is 20. The van der Waals surface area contributed by atoms with Crippen LogP contribution in [-0.2, 0) is 0 Å². The van der Waals surface area contributed by atoms with Crippen LogP contribution in [-0.4, -0.2) is 54.5 Å². The summed E-state index contributed by atoms with van der Waals surface area (Å²) in [4.78, 5) is 82.1. The fourth-order valence-electron chi connectivity index (χ4n) is 11.2. The molecular formula is C97H82BrIN10O10. The van der Waals surface area contributed by atoms with E-state index in [1.54, 1.807) is 122 Å². The second-order valence-electron chi connectivity index (χ2n) is 26.9. The van der Waals surface area contributed by atoms with Crippen molar-refractivity contribution in [1.82, 2.24) is 24.9 Å². The van der Waals surface area contributed by atoms with E-state index in [-0.39, 0.29) is 29.5 Å². The van der Waals surface area contributed by atoms with Gasteiger partial charge >= 0.3 is 0 Å². The van der Waals surface area contributed by atoms with Crippen LogP contribution in [0.3, 0.4) is 0 Å². The maximum Gasteiger partial charge on any atom is 0.255 e. The normalized spacial score (nSPS) is 10.2. The van der Waals surface area contributed by atoms with Gasteiger partial charge in [0.15, 0.2) is 0 Å². The third kappa shape index (κ3) is 28.2. The minimum atomic E-state index is -0.163. The highest BCUT2D eigenvalue weighted by molar-refractivity contribution is 14.1. The van der Waals surface area contributed by atoms with E-state index in [1.807, 2.05) is 267 Å². The summed E-state index contributed by atoms with van der Waals surface area (Å²) in [6.45, 7) is 13.6. The third-order valence-electron chi connectivity index (χ3n) is 16.9. The Morgan fingerprint density at radius 2 is 0.597 bits per heavy atom. The van der Waals surface area contributed by atoms with E-state index >= 15 is 0 Å². The molecule has 5 aromatic heterocycles. The van der Waals surface area contributed by atoms with E-state index in [2.05, 4.69) is 90.0 Å². The fraction of sp³-hybridized carbons (Fsp3) is 0.0722. The first-order valence-corrected chi connectivity index (χ1v) is 39.2. The number of aromatic nitrogens is 5. The van der Waals surface area contributed by atoms with Crippen molar-refractivity contribution < 1.29 is 47.7 Å². The number of pyridine rings is 5. The molecule has 5 heterocycles. The average molecular weight is 1750 g/mol. The van der Waals surface area contributed by atoms with Gasteiger partial charge in [-0.05, 0) is 253 Å². The van der Waals surface area contributed by atoms with Crippen molar-refractivity contribution in [3.63, 3.8) is 0 Å². The lowest BCUT2D eigenvalue weighted by molar-refractivity contribution is 0.101. The lowest BCUT2D eigenvalue weighted by Gasteiger charge is -2.10. The Balaban J connectivity index is 0.000000146.